The molecule has 0 heterocycles. The standard InChI is InChI=1S/C31H37N3O5S/c1-23-10-9-11-25(20-23)21-33(24(2)31(36)32-26-12-7-8-13-26)30(35)22-34(27-16-18-28(39-3)19-17-27)40(37,38)29-14-5-4-6-15-29/h4-6,9-11,14-20,24,26H,7-8,12-13,21-22H2,1-3H3,(H,32,36)/t24-/m0/s1. The van der Waals surface area contributed by atoms with Crippen LogP contribution >= 0.6 is 0 Å². The largest absolute Gasteiger partial charge is 0.497 e. The highest BCUT2D eigenvalue weighted by Crippen LogP contribution is 2.27. The fourth-order valence-corrected chi connectivity index (χ4v) is 6.41. The monoisotopic (exact) mass is 563 g/mol. The molecule has 3 aromatic rings. The summed E-state index contributed by atoms with van der Waals surface area (Å²) >= 11 is 0. The number of carbonyl (C=O) groups excluding carboxylic acids is 2. The normalized spacial score (nSPS) is 14.4. The number of ether oxygens (including phenoxy) is 1. The first-order valence-corrected chi connectivity index (χ1v) is 15.0. The van der Waals surface area contributed by atoms with Crippen molar-refractivity contribution >= 4 is 27.5 Å². The van der Waals surface area contributed by atoms with Crippen LogP contribution in [0, 0.1) is 6.92 Å². The van der Waals surface area contributed by atoms with Crippen LogP contribution in [0.5, 0.6) is 5.75 Å². The van der Waals surface area contributed by atoms with Gasteiger partial charge in [0, 0.05) is 12.6 Å². The molecule has 0 aromatic heterocycles. The lowest BCUT2D eigenvalue weighted by atomic mass is 10.1. The summed E-state index contributed by atoms with van der Waals surface area (Å²) in [5, 5.41) is 3.09. The van der Waals surface area contributed by atoms with Crippen LogP contribution in [0.1, 0.15) is 43.7 Å². The molecule has 4 rings (SSSR count). The average molecular weight is 564 g/mol. The number of sulfonamides is 1. The Morgan fingerprint density at radius 3 is 2.27 bits per heavy atom. The Labute approximate surface area is 237 Å². The molecule has 1 N–H and O–H groups in total. The molecule has 0 unspecified atom stereocenters. The van der Waals surface area contributed by atoms with E-state index in [1.807, 2.05) is 31.2 Å². The second kappa shape index (κ2) is 13.0. The van der Waals surface area contributed by atoms with Crippen LogP contribution in [0.3, 0.4) is 0 Å². The fraction of sp³-hybridized carbons (Fsp3) is 0.355. The molecule has 1 saturated carbocycles. The summed E-state index contributed by atoms with van der Waals surface area (Å²) < 4.78 is 34.0. The van der Waals surface area contributed by atoms with Gasteiger partial charge >= 0.3 is 0 Å². The Morgan fingerprint density at radius 2 is 1.65 bits per heavy atom. The maximum absolute atomic E-state index is 14.0. The molecule has 0 saturated heterocycles. The summed E-state index contributed by atoms with van der Waals surface area (Å²) in [7, 11) is -2.58. The van der Waals surface area contributed by atoms with Gasteiger partial charge in [-0.05, 0) is 68.7 Å². The van der Waals surface area contributed by atoms with Crippen molar-refractivity contribution < 1.29 is 22.7 Å². The number of anilines is 1. The fourth-order valence-electron chi connectivity index (χ4n) is 4.98. The van der Waals surface area contributed by atoms with Crippen molar-refractivity contribution in [1.82, 2.24) is 10.2 Å². The van der Waals surface area contributed by atoms with Crippen molar-refractivity contribution in [2.45, 2.75) is 63.1 Å². The van der Waals surface area contributed by atoms with Crippen molar-refractivity contribution in [3.63, 3.8) is 0 Å². The molecular weight excluding hydrogens is 526 g/mol. The molecule has 9 heteroatoms. The number of hydrogen-bond acceptors (Lipinski definition) is 5. The zero-order valence-electron chi connectivity index (χ0n) is 23.2. The number of amides is 2. The maximum Gasteiger partial charge on any atom is 0.264 e. The highest BCUT2D eigenvalue weighted by Gasteiger charge is 2.33. The Bertz CT molecular complexity index is 1400. The summed E-state index contributed by atoms with van der Waals surface area (Å²) in [4.78, 5) is 28.8. The van der Waals surface area contributed by atoms with Crippen LogP contribution in [0.25, 0.3) is 0 Å². The quantitative estimate of drug-likeness (QED) is 0.366. The number of aryl methyl sites for hydroxylation is 1. The van der Waals surface area contributed by atoms with Gasteiger partial charge < -0.3 is 15.0 Å². The lowest BCUT2D eigenvalue weighted by Gasteiger charge is -2.32. The predicted molar refractivity (Wildman–Crippen MR) is 156 cm³/mol. The molecule has 0 radical (unpaired) electrons. The van der Waals surface area contributed by atoms with E-state index in [0.29, 0.717) is 11.4 Å². The summed E-state index contributed by atoms with van der Waals surface area (Å²) in [5.41, 5.74) is 2.20. The molecular formula is C31H37N3O5S. The third kappa shape index (κ3) is 7.01. The van der Waals surface area contributed by atoms with Gasteiger partial charge in [0.2, 0.25) is 11.8 Å². The Kier molecular flexibility index (Phi) is 9.47. The van der Waals surface area contributed by atoms with Crippen LogP contribution in [0.4, 0.5) is 5.69 Å². The average Bonchev–Trinajstić information content (AvgIpc) is 3.47. The number of nitrogens with zero attached hydrogens (tertiary/aromatic N) is 2. The number of methoxy groups -OCH3 is 1. The first-order valence-electron chi connectivity index (χ1n) is 13.6. The molecule has 0 bridgehead atoms. The molecule has 212 valence electrons. The summed E-state index contributed by atoms with van der Waals surface area (Å²) in [6, 6.07) is 21.5. The molecule has 8 nitrogen and oxygen atoms in total. The Hall–Kier alpha value is -3.85. The molecule has 1 aliphatic rings. The highest BCUT2D eigenvalue weighted by atomic mass is 32.2. The van der Waals surface area contributed by atoms with Crippen molar-refractivity contribution in [2.75, 3.05) is 18.0 Å². The number of benzene rings is 3. The minimum absolute atomic E-state index is 0.0656. The van der Waals surface area contributed by atoms with Gasteiger partial charge in [-0.1, -0.05) is 60.9 Å². The van der Waals surface area contributed by atoms with Gasteiger partial charge in [-0.2, -0.15) is 0 Å². The first kappa shape index (κ1) is 29.1. The van der Waals surface area contributed by atoms with Crippen LogP contribution in [0.2, 0.25) is 0 Å². The molecule has 3 aromatic carbocycles. The Balaban J connectivity index is 1.68. The zero-order chi connectivity index (χ0) is 28.7. The zero-order valence-corrected chi connectivity index (χ0v) is 24.1. The minimum Gasteiger partial charge on any atom is -0.497 e. The van der Waals surface area contributed by atoms with Gasteiger partial charge in [0.25, 0.3) is 10.0 Å². The van der Waals surface area contributed by atoms with E-state index in [1.165, 1.54) is 24.1 Å². The minimum atomic E-state index is -4.10. The molecule has 0 spiro atoms. The Morgan fingerprint density at radius 1 is 0.975 bits per heavy atom. The molecule has 2 amide bonds. The molecule has 40 heavy (non-hydrogen) atoms. The third-order valence-electron chi connectivity index (χ3n) is 7.27. The van der Waals surface area contributed by atoms with Crippen LogP contribution in [0.15, 0.2) is 83.8 Å². The van der Waals surface area contributed by atoms with Crippen molar-refractivity contribution in [3.05, 3.63) is 90.0 Å². The van der Waals surface area contributed by atoms with Gasteiger partial charge in [0.05, 0.1) is 17.7 Å². The smallest absolute Gasteiger partial charge is 0.264 e. The van der Waals surface area contributed by atoms with E-state index >= 15 is 0 Å². The third-order valence-corrected chi connectivity index (χ3v) is 9.06. The van der Waals surface area contributed by atoms with E-state index in [2.05, 4.69) is 5.32 Å². The summed E-state index contributed by atoms with van der Waals surface area (Å²) in [6.07, 6.45) is 3.98. The number of hydrogen-bond donors (Lipinski definition) is 1. The van der Waals surface area contributed by atoms with E-state index < -0.39 is 28.5 Å². The number of nitrogens with one attached hydrogen (secondary N) is 1. The maximum atomic E-state index is 14.0. The predicted octanol–water partition coefficient (Wildman–Crippen LogP) is 4.68. The van der Waals surface area contributed by atoms with Gasteiger partial charge in [0.15, 0.2) is 0 Å². The van der Waals surface area contributed by atoms with E-state index in [-0.39, 0.29) is 23.4 Å². The second-order valence-electron chi connectivity index (χ2n) is 10.2. The first-order chi connectivity index (χ1) is 19.2. The van der Waals surface area contributed by atoms with Crippen LogP contribution < -0.4 is 14.4 Å². The summed E-state index contributed by atoms with van der Waals surface area (Å²) in [6.45, 7) is 3.35. The van der Waals surface area contributed by atoms with E-state index in [0.717, 1.165) is 41.1 Å². The van der Waals surface area contributed by atoms with Crippen molar-refractivity contribution in [1.29, 1.82) is 0 Å². The topological polar surface area (TPSA) is 96.0 Å². The highest BCUT2D eigenvalue weighted by molar-refractivity contribution is 7.92. The van der Waals surface area contributed by atoms with Crippen LogP contribution in [-0.2, 0) is 26.2 Å². The second-order valence-corrected chi connectivity index (χ2v) is 12.1. The molecule has 0 aliphatic heterocycles. The van der Waals surface area contributed by atoms with Gasteiger partial charge in [0.1, 0.15) is 18.3 Å². The molecule has 1 aliphatic carbocycles. The SMILES string of the molecule is COc1ccc(N(CC(=O)N(Cc2cccc(C)c2)[C@@H](C)C(=O)NC2CCCC2)S(=O)(=O)c2ccccc2)cc1. The van der Waals surface area contributed by atoms with Crippen LogP contribution in [-0.4, -0.2) is 50.9 Å². The van der Waals surface area contributed by atoms with Gasteiger partial charge in [-0.15, -0.1) is 0 Å². The van der Waals surface area contributed by atoms with Gasteiger partial charge in [-0.3, -0.25) is 13.9 Å². The van der Waals surface area contributed by atoms with Crippen molar-refractivity contribution in [3.8, 4) is 5.75 Å². The van der Waals surface area contributed by atoms with E-state index in [1.54, 1.807) is 49.4 Å². The molecule has 1 atom stereocenters. The number of carbonyl (C=O) groups is 2. The molecule has 1 fully saturated rings. The van der Waals surface area contributed by atoms with E-state index in [4.69, 9.17) is 4.74 Å². The van der Waals surface area contributed by atoms with Gasteiger partial charge in [-0.25, -0.2) is 8.42 Å². The lowest BCUT2D eigenvalue weighted by Crippen LogP contribution is -2.52. The summed E-state index contributed by atoms with van der Waals surface area (Å²) in [5.74, 6) is -0.161. The lowest BCUT2D eigenvalue weighted by molar-refractivity contribution is -0.139. The number of rotatable bonds is 11. The van der Waals surface area contributed by atoms with Crippen molar-refractivity contribution in [2.24, 2.45) is 0 Å². The van der Waals surface area contributed by atoms with E-state index in [9.17, 15) is 18.0 Å².